The van der Waals surface area contributed by atoms with Crippen molar-refractivity contribution in [2.75, 3.05) is 0 Å². The first-order chi connectivity index (χ1) is 0. The second kappa shape index (κ2) is 4080. The topological polar surface area (TPSA) is 1510 Å². The minimum Gasteiger partial charge on any atom is -2.00 e. The molecule has 0 aromatic heterocycles. The van der Waals surface area contributed by atoms with Crippen LogP contribution in [-0.4, -0.2) is 0 Å². The third-order valence-electron chi connectivity index (χ3n) is 0. The fraction of sp³-hybridized carbons (Fsp3) is 0. The van der Waals surface area contributed by atoms with Crippen LogP contribution in [0.5, 0.6) is 0 Å². The average molecular weight is 2860 g/mol. The van der Waals surface area contributed by atoms with Crippen molar-refractivity contribution in [2.45, 2.75) is 0 Å². The molecule has 0 fully saturated rings. The summed E-state index contributed by atoms with van der Waals surface area (Å²) in [6, 6.07) is 0. The van der Waals surface area contributed by atoms with E-state index in [-0.39, 0.29) is 905 Å². The summed E-state index contributed by atoms with van der Waals surface area (Å²) in [5.74, 6) is 0. The molecule has 0 heterocycles. The predicted molar refractivity (Wildman–Crippen MR) is 36.4 cm³/mol. The molecule has 604 valence electrons. The molecule has 0 saturated carbocycles. The van der Waals surface area contributed by atoms with Crippen LogP contribution in [0.4, 0.5) is 0 Å². The molecule has 0 atom stereocenters. The van der Waals surface area contributed by atoms with Crippen molar-refractivity contribution >= 4 is 0 Å². The molecule has 0 bridgehead atoms. The van der Waals surface area contributed by atoms with Gasteiger partial charge in [-0.25, -0.2) is 0 Å². The van der Waals surface area contributed by atoms with Crippen LogP contribution in [0.2, 0.25) is 0 Å². The fourth-order valence-corrected chi connectivity index (χ4v) is 0. The Kier molecular flexibility index (Phi) is 193000. The molecule has 0 aliphatic heterocycles. The van der Waals surface area contributed by atoms with Crippen molar-refractivity contribution in [3.63, 3.8) is 0 Å². The van der Waals surface area contributed by atoms with E-state index >= 15 is 0 Å². The van der Waals surface area contributed by atoms with Crippen LogP contribution in [-0.2, 0) is 905 Å². The molecule has 0 aromatic carbocycles. The van der Waals surface area contributed by atoms with E-state index in [9.17, 15) is 0 Å². The van der Waals surface area contributed by atoms with Crippen molar-refractivity contribution in [3.8, 4) is 0 Å². The molecule has 89 heavy (non-hydrogen) atoms. The van der Waals surface area contributed by atoms with Gasteiger partial charge >= 0.3 is 614 Å². The third kappa shape index (κ3) is 4000. The van der Waals surface area contributed by atoms with Crippen LogP contribution >= 0.6 is 0 Å². The maximum Gasteiger partial charge on any atom is 3.00 e. The Balaban J connectivity index is 0. The van der Waals surface area contributed by atoms with Gasteiger partial charge in [0.1, 0.15) is 0 Å². The molecule has 36 radical (unpaired) electrons. The van der Waals surface area contributed by atoms with Crippen LogP contribution in [0.3, 0.4) is 0 Å². The van der Waals surface area contributed by atoms with Crippen LogP contribution in [0.15, 0.2) is 0 Å². The van der Waals surface area contributed by atoms with E-state index in [2.05, 4.69) is 0 Å². The van der Waals surface area contributed by atoms with Crippen LogP contribution in [0.1, 0.15) is 0 Å². The van der Waals surface area contributed by atoms with Gasteiger partial charge in [-0.15, -0.1) is 0 Å². The van der Waals surface area contributed by atoms with Gasteiger partial charge in [-0.3, -0.25) is 0 Å². The molecule has 0 aliphatic carbocycles. The van der Waals surface area contributed by atoms with Crippen LogP contribution in [0, 0.1) is 0 Å². The molecule has 0 aromatic rings. The Labute approximate surface area is 889 Å². The molecule has 0 spiro atoms. The molecule has 0 amide bonds. The average Bonchev–Trinajstić information content (AvgIpc) is 0. The largest absolute Gasteiger partial charge is 3.00 e. The maximum atomic E-state index is 0. The van der Waals surface area contributed by atoms with Gasteiger partial charge in [0.2, 0.25) is 0 Å². The summed E-state index contributed by atoms with van der Waals surface area (Å²) in [5, 5.41) is 0. The Bertz CT molecular complexity index is 86.6. The van der Waals surface area contributed by atoms with Crippen molar-refractivity contribution in [2.24, 2.45) is 0 Å². The monoisotopic (exact) mass is 2860 g/mol. The Morgan fingerprint density at radius 1 is 0.0225 bits per heavy atom. The first-order valence-electron chi connectivity index (χ1n) is 0. The normalized spacial score (nSPS) is 0. The Morgan fingerprint density at radius 2 is 0.0225 bits per heavy atom. The fourth-order valence-electron chi connectivity index (χ4n) is 0. The standard InChI is InChI=1S/36Fe.53O/q36*+3;53*-2. The minimum atomic E-state index is 0. The zero-order valence-electron chi connectivity index (χ0n) is 34.4. The molecule has 0 aliphatic rings. The summed E-state index contributed by atoms with van der Waals surface area (Å²) in [4.78, 5) is 0. The summed E-state index contributed by atoms with van der Waals surface area (Å²) in [5.41, 5.74) is 0. The summed E-state index contributed by atoms with van der Waals surface area (Å²) < 4.78 is 0. The quantitative estimate of drug-likeness (QED) is 0.205. The van der Waals surface area contributed by atoms with Gasteiger partial charge in [0.15, 0.2) is 0 Å². The van der Waals surface area contributed by atoms with E-state index in [0.29, 0.717) is 0 Å². The van der Waals surface area contributed by atoms with Gasteiger partial charge in [0, 0.05) is 0 Å². The molecule has 53 nitrogen and oxygen atoms in total. The maximum absolute atomic E-state index is 0. The van der Waals surface area contributed by atoms with Gasteiger partial charge in [-0.05, 0) is 0 Å². The van der Waals surface area contributed by atoms with Crippen LogP contribution < -0.4 is 0 Å². The molecule has 0 saturated heterocycles. The molecule has 89 heteroatoms. The van der Waals surface area contributed by atoms with Gasteiger partial charge < -0.3 is 290 Å². The van der Waals surface area contributed by atoms with Gasteiger partial charge in [0.05, 0.1) is 0 Å². The summed E-state index contributed by atoms with van der Waals surface area (Å²) >= 11 is 0. The van der Waals surface area contributed by atoms with Crippen molar-refractivity contribution < 1.29 is 905 Å². The van der Waals surface area contributed by atoms with Gasteiger partial charge in [-0.1, -0.05) is 0 Å². The molecule has 0 N–H and O–H groups in total. The minimum absolute atomic E-state index is 0. The van der Waals surface area contributed by atoms with Crippen molar-refractivity contribution in [3.05, 3.63) is 0 Å². The molecule has 0 unspecified atom stereocenters. The molecular weight excluding hydrogens is 2860 g/mol. The van der Waals surface area contributed by atoms with E-state index in [1.54, 1.807) is 0 Å². The first-order valence-corrected chi connectivity index (χ1v) is 0. The Morgan fingerprint density at radius 3 is 0.0225 bits per heavy atom. The SMILES string of the molecule is [Fe+3].[Fe+3].[Fe+3].[Fe+3].[Fe+3].[Fe+3].[Fe+3].[Fe+3].[Fe+3].[Fe+3].[Fe+3].[Fe+3].[Fe+3].[Fe+3].[Fe+3].[Fe+3].[Fe+3].[Fe+3].[Fe+3].[Fe+3].[Fe+3].[Fe+3].[Fe+3].[Fe+3].[Fe+3].[Fe+3].[Fe+3].[Fe+3].[Fe+3].[Fe+3].[Fe+3].[Fe+3].[Fe+3].[Fe+3].[Fe+3].[Fe+3].[O-2].[O-2].[O-2].[O-2].[O-2].[O-2].[O-2].[O-2].[O-2].[O-2].[O-2].[O-2].[O-2].[O-2].[O-2].[O-2].[O-2].[O-2].[O-2].[O-2].[O-2].[O-2].[O-2].[O-2].[O-2].[O-2].[O-2].[O-2].[O-2].[O-2].[O-2].[O-2].[O-2].[O-2].[O-2].[O-2].[O-2].[O-2].[O-2].[O-2].[O-2].[O-2].[O-2].[O-2].[O-2].[O-2].[O-2].[O-2].[O-2].[O-2].[O-2].[O-2].[O-2]. The molecule has 0 rings (SSSR count). The summed E-state index contributed by atoms with van der Waals surface area (Å²) in [6.07, 6.45) is 0. The van der Waals surface area contributed by atoms with Crippen molar-refractivity contribution in [1.29, 1.82) is 0 Å². The summed E-state index contributed by atoms with van der Waals surface area (Å²) in [6.45, 7) is 0. The van der Waals surface area contributed by atoms with E-state index in [1.165, 1.54) is 0 Å². The first kappa shape index (κ1) is 4200. The third-order valence-corrected chi connectivity index (χ3v) is 0. The van der Waals surface area contributed by atoms with E-state index < -0.39 is 0 Å². The predicted octanol–water partition coefficient (Wildman–Crippen LogP) is -6.39. The van der Waals surface area contributed by atoms with E-state index in [4.69, 9.17) is 0 Å². The smallest absolute Gasteiger partial charge is 2.00 e. The zero-order valence-corrected chi connectivity index (χ0v) is 74.1. The summed E-state index contributed by atoms with van der Waals surface area (Å²) in [7, 11) is 0. The van der Waals surface area contributed by atoms with Gasteiger partial charge in [0.25, 0.3) is 0 Å². The van der Waals surface area contributed by atoms with E-state index in [0.717, 1.165) is 0 Å². The number of hydrogen-bond donors (Lipinski definition) is 0. The van der Waals surface area contributed by atoms with Gasteiger partial charge in [-0.2, -0.15) is 0 Å². The molecular formula is Fe36O53+2. The Hall–Kier alpha value is 16.6. The number of hydrogen-bond acceptors (Lipinski definition) is 0. The van der Waals surface area contributed by atoms with Crippen LogP contribution in [0.25, 0.3) is 0 Å². The second-order valence-corrected chi connectivity index (χ2v) is 0. The number of rotatable bonds is 0. The van der Waals surface area contributed by atoms with Crippen molar-refractivity contribution in [1.82, 2.24) is 0 Å². The van der Waals surface area contributed by atoms with E-state index in [1.807, 2.05) is 0 Å². The second-order valence-electron chi connectivity index (χ2n) is 0. The zero-order chi connectivity index (χ0) is 0.